The van der Waals surface area contributed by atoms with E-state index in [-0.39, 0.29) is 0 Å². The Morgan fingerprint density at radius 3 is 2.38 bits per heavy atom. The van der Waals surface area contributed by atoms with Crippen molar-refractivity contribution in [3.8, 4) is 0 Å². The summed E-state index contributed by atoms with van der Waals surface area (Å²) >= 11 is 0. The molecule has 2 N–H and O–H groups in total. The summed E-state index contributed by atoms with van der Waals surface area (Å²) in [6.45, 7) is 2.05. The number of hydrogen-bond donors (Lipinski definition) is 2. The number of benzene rings is 2. The van der Waals surface area contributed by atoms with Crippen LogP contribution in [0.15, 0.2) is 65.8 Å². The highest BCUT2D eigenvalue weighted by atomic mass is 16.2. The summed E-state index contributed by atoms with van der Waals surface area (Å²) in [6.07, 6.45) is 5.84. The van der Waals surface area contributed by atoms with Crippen LogP contribution in [0.25, 0.3) is 6.08 Å². The Labute approximate surface area is 141 Å². The number of aryl methyl sites for hydroxylation is 1. The van der Waals surface area contributed by atoms with Gasteiger partial charge in [-0.25, -0.2) is 5.43 Å². The van der Waals surface area contributed by atoms with Crippen LogP contribution in [0.4, 0.5) is 5.69 Å². The van der Waals surface area contributed by atoms with Crippen LogP contribution in [0.3, 0.4) is 0 Å². The number of amides is 2. The third-order valence-corrected chi connectivity index (χ3v) is 3.24. The predicted octanol–water partition coefficient (Wildman–Crippen LogP) is 3.00. The topological polar surface area (TPSA) is 70.6 Å². The van der Waals surface area contributed by atoms with Gasteiger partial charge < -0.3 is 5.32 Å². The highest BCUT2D eigenvalue weighted by Crippen LogP contribution is 2.09. The molecule has 2 aromatic carbocycles. The summed E-state index contributed by atoms with van der Waals surface area (Å²) in [5.41, 5.74) is 4.93. The zero-order valence-corrected chi connectivity index (χ0v) is 13.4. The molecule has 0 bridgehead atoms. The van der Waals surface area contributed by atoms with E-state index < -0.39 is 11.8 Å². The Hall–Kier alpha value is -3.21. The number of allylic oxidation sites excluding steroid dienone is 1. The Bertz CT molecular complexity index is 735. The molecule has 122 valence electrons. The Morgan fingerprint density at radius 1 is 1.00 bits per heavy atom. The van der Waals surface area contributed by atoms with E-state index in [1.54, 1.807) is 18.2 Å². The molecule has 24 heavy (non-hydrogen) atoms. The fraction of sp³-hybridized carbons (Fsp3) is 0.105. The first-order valence-corrected chi connectivity index (χ1v) is 7.64. The molecule has 0 unspecified atom stereocenters. The second-order valence-electron chi connectivity index (χ2n) is 4.99. The fourth-order valence-electron chi connectivity index (χ4n) is 1.92. The molecule has 0 aliphatic rings. The van der Waals surface area contributed by atoms with Gasteiger partial charge in [0.05, 0.1) is 0 Å². The standard InChI is InChI=1S/C19H19N3O2/c1-2-15-10-12-17(13-11-15)21-18(23)19(24)22-20-14-6-9-16-7-4-3-5-8-16/h3-14H,2H2,1H3,(H,21,23)(H,22,24)/b9-6+,20-14+. The summed E-state index contributed by atoms with van der Waals surface area (Å²) < 4.78 is 0. The van der Waals surface area contributed by atoms with Crippen molar-refractivity contribution < 1.29 is 9.59 Å². The fourth-order valence-corrected chi connectivity index (χ4v) is 1.92. The maximum absolute atomic E-state index is 11.7. The first kappa shape index (κ1) is 17.1. The van der Waals surface area contributed by atoms with Crippen molar-refractivity contribution >= 4 is 29.8 Å². The third-order valence-electron chi connectivity index (χ3n) is 3.24. The summed E-state index contributed by atoms with van der Waals surface area (Å²) in [6, 6.07) is 17.0. The highest BCUT2D eigenvalue weighted by Gasteiger charge is 2.12. The van der Waals surface area contributed by atoms with E-state index in [0.29, 0.717) is 5.69 Å². The largest absolute Gasteiger partial charge is 0.329 e. The first-order valence-electron chi connectivity index (χ1n) is 7.64. The summed E-state index contributed by atoms with van der Waals surface area (Å²) in [7, 11) is 0. The van der Waals surface area contributed by atoms with Crippen molar-refractivity contribution in [3.05, 3.63) is 71.8 Å². The minimum atomic E-state index is -0.820. The number of hydrazone groups is 1. The predicted molar refractivity (Wildman–Crippen MR) is 96.6 cm³/mol. The van der Waals surface area contributed by atoms with Crippen LogP contribution in [-0.2, 0) is 16.0 Å². The molecule has 5 heteroatoms. The van der Waals surface area contributed by atoms with Gasteiger partial charge in [0.15, 0.2) is 0 Å². The molecule has 0 fully saturated rings. The van der Waals surface area contributed by atoms with Crippen molar-refractivity contribution in [3.63, 3.8) is 0 Å². The van der Waals surface area contributed by atoms with Crippen molar-refractivity contribution in [1.29, 1.82) is 0 Å². The van der Waals surface area contributed by atoms with Gasteiger partial charge in [0.2, 0.25) is 0 Å². The lowest BCUT2D eigenvalue weighted by atomic mass is 10.1. The van der Waals surface area contributed by atoms with Crippen LogP contribution in [-0.4, -0.2) is 18.0 Å². The van der Waals surface area contributed by atoms with E-state index in [0.717, 1.165) is 17.5 Å². The van der Waals surface area contributed by atoms with Gasteiger partial charge in [0, 0.05) is 11.9 Å². The molecule has 0 aliphatic carbocycles. The van der Waals surface area contributed by atoms with E-state index in [4.69, 9.17) is 0 Å². The van der Waals surface area contributed by atoms with Crippen molar-refractivity contribution in [1.82, 2.24) is 5.43 Å². The average Bonchev–Trinajstić information content (AvgIpc) is 2.62. The van der Waals surface area contributed by atoms with Gasteiger partial charge in [-0.15, -0.1) is 0 Å². The molecule has 0 aliphatic heterocycles. The van der Waals surface area contributed by atoms with E-state index >= 15 is 0 Å². The summed E-state index contributed by atoms with van der Waals surface area (Å²) in [4.78, 5) is 23.4. The molecule has 0 saturated carbocycles. The smallest absolute Gasteiger partial charge is 0.318 e. The molecule has 0 saturated heterocycles. The molecular formula is C19H19N3O2. The van der Waals surface area contributed by atoms with Gasteiger partial charge in [-0.1, -0.05) is 55.5 Å². The van der Waals surface area contributed by atoms with Gasteiger partial charge in [0.1, 0.15) is 0 Å². The van der Waals surface area contributed by atoms with Crippen LogP contribution in [0.5, 0.6) is 0 Å². The maximum atomic E-state index is 11.7. The molecule has 5 nitrogen and oxygen atoms in total. The molecular weight excluding hydrogens is 302 g/mol. The van der Waals surface area contributed by atoms with Crippen LogP contribution in [0, 0.1) is 0 Å². The van der Waals surface area contributed by atoms with E-state index in [9.17, 15) is 9.59 Å². The maximum Gasteiger partial charge on any atom is 0.329 e. The van der Waals surface area contributed by atoms with Gasteiger partial charge in [0.25, 0.3) is 0 Å². The monoisotopic (exact) mass is 321 g/mol. The SMILES string of the molecule is CCc1ccc(NC(=O)C(=O)N/N=C/C=C/c2ccccc2)cc1. The number of carbonyl (C=O) groups excluding carboxylic acids is 2. The molecule has 0 aromatic heterocycles. The van der Waals surface area contributed by atoms with Crippen LogP contribution in [0.2, 0.25) is 0 Å². The lowest BCUT2D eigenvalue weighted by Gasteiger charge is -2.04. The molecule has 2 amide bonds. The zero-order valence-electron chi connectivity index (χ0n) is 13.4. The summed E-state index contributed by atoms with van der Waals surface area (Å²) in [5, 5.41) is 6.22. The van der Waals surface area contributed by atoms with E-state index in [1.165, 1.54) is 6.21 Å². The Balaban J connectivity index is 1.79. The van der Waals surface area contributed by atoms with Gasteiger partial charge in [-0.2, -0.15) is 5.10 Å². The number of nitrogens with zero attached hydrogens (tertiary/aromatic N) is 1. The normalized spacial score (nSPS) is 10.9. The minimum Gasteiger partial charge on any atom is -0.318 e. The summed E-state index contributed by atoms with van der Waals surface area (Å²) in [5.74, 6) is -1.58. The average molecular weight is 321 g/mol. The van der Waals surface area contributed by atoms with Gasteiger partial charge in [-0.3, -0.25) is 9.59 Å². The number of rotatable bonds is 5. The van der Waals surface area contributed by atoms with Crippen molar-refractivity contribution in [2.45, 2.75) is 13.3 Å². The molecule has 0 radical (unpaired) electrons. The lowest BCUT2D eigenvalue weighted by Crippen LogP contribution is -2.32. The van der Waals surface area contributed by atoms with Crippen LogP contribution >= 0.6 is 0 Å². The lowest BCUT2D eigenvalue weighted by molar-refractivity contribution is -0.136. The number of carbonyl (C=O) groups is 2. The van der Waals surface area contributed by atoms with Crippen molar-refractivity contribution in [2.24, 2.45) is 5.10 Å². The minimum absolute atomic E-state index is 0.570. The quantitative estimate of drug-likeness (QED) is 0.505. The zero-order chi connectivity index (χ0) is 17.2. The van der Waals surface area contributed by atoms with Crippen LogP contribution < -0.4 is 10.7 Å². The van der Waals surface area contributed by atoms with Crippen LogP contribution in [0.1, 0.15) is 18.1 Å². The first-order chi connectivity index (χ1) is 11.7. The second kappa shape index (κ2) is 9.05. The highest BCUT2D eigenvalue weighted by molar-refractivity contribution is 6.39. The number of nitrogens with one attached hydrogen (secondary N) is 2. The number of hydrogen-bond acceptors (Lipinski definition) is 3. The van der Waals surface area contributed by atoms with Crippen molar-refractivity contribution in [2.75, 3.05) is 5.32 Å². The molecule has 0 spiro atoms. The number of anilines is 1. The van der Waals surface area contributed by atoms with Gasteiger partial charge in [-0.05, 0) is 35.8 Å². The Morgan fingerprint density at radius 2 is 1.71 bits per heavy atom. The molecule has 0 atom stereocenters. The van der Waals surface area contributed by atoms with E-state index in [2.05, 4.69) is 15.8 Å². The third kappa shape index (κ3) is 5.53. The molecule has 0 heterocycles. The van der Waals surface area contributed by atoms with Gasteiger partial charge >= 0.3 is 11.8 Å². The Kier molecular flexibility index (Phi) is 6.46. The second-order valence-corrected chi connectivity index (χ2v) is 4.99. The molecule has 2 rings (SSSR count). The molecule has 2 aromatic rings. The van der Waals surface area contributed by atoms with E-state index in [1.807, 2.05) is 55.5 Å².